The minimum Gasteiger partial charge on any atom is -0.480 e. The van der Waals surface area contributed by atoms with Crippen LogP contribution in [0.2, 0.25) is 0 Å². The van der Waals surface area contributed by atoms with Crippen molar-refractivity contribution in [2.45, 2.75) is 30.1 Å². The lowest BCUT2D eigenvalue weighted by Crippen LogP contribution is -2.42. The number of benzene rings is 5. The highest BCUT2D eigenvalue weighted by atomic mass is 16.6. The molecule has 1 aliphatic carbocycles. The Morgan fingerprint density at radius 3 is 1.58 bits per heavy atom. The molecule has 0 unspecified atom stereocenters. The summed E-state index contributed by atoms with van der Waals surface area (Å²) in [5.74, 6) is -1.21. The summed E-state index contributed by atoms with van der Waals surface area (Å²) >= 11 is 0. The summed E-state index contributed by atoms with van der Waals surface area (Å²) in [4.78, 5) is 27.5. The fraction of sp³-hybridized carbons (Fsp3) is 0.179. The molecule has 2 atom stereocenters. The van der Waals surface area contributed by atoms with Crippen molar-refractivity contribution < 1.29 is 24.2 Å². The predicted molar refractivity (Wildman–Crippen MR) is 172 cm³/mol. The number of fused-ring (bicyclic) bond motifs is 3. The molecule has 1 saturated heterocycles. The average molecular weight is 596 g/mol. The first kappa shape index (κ1) is 28.6. The number of amides is 1. The van der Waals surface area contributed by atoms with E-state index in [0.717, 1.165) is 38.9 Å². The molecule has 0 bridgehead atoms. The van der Waals surface area contributed by atoms with Gasteiger partial charge in [-0.25, -0.2) is 9.59 Å². The Morgan fingerprint density at radius 2 is 1.11 bits per heavy atom. The summed E-state index contributed by atoms with van der Waals surface area (Å²) in [6.07, 6.45) is -1.10. The molecule has 1 fully saturated rings. The Hall–Kier alpha value is -5.20. The van der Waals surface area contributed by atoms with E-state index in [0.29, 0.717) is 0 Å². The number of carbonyl (C=O) groups is 2. The summed E-state index contributed by atoms with van der Waals surface area (Å²) in [7, 11) is 0. The fourth-order valence-corrected chi connectivity index (χ4v) is 6.97. The molecule has 224 valence electrons. The second-order valence-corrected chi connectivity index (χ2v) is 11.6. The number of nitrogens with zero attached hydrogens (tertiary/aromatic N) is 1. The van der Waals surface area contributed by atoms with Crippen LogP contribution in [-0.4, -0.2) is 47.4 Å². The van der Waals surface area contributed by atoms with E-state index in [1.807, 2.05) is 115 Å². The molecular weight excluding hydrogens is 562 g/mol. The van der Waals surface area contributed by atoms with Crippen LogP contribution in [0.5, 0.6) is 0 Å². The SMILES string of the molecule is O=C(O)[C@@H]1C[C@@H](OC(c2ccccc2)(c2ccccc2)c2ccccc2)CN1C(=O)OCC1c2ccccc2-c2ccccc21. The normalized spacial score (nSPS) is 17.5. The summed E-state index contributed by atoms with van der Waals surface area (Å²) in [5.41, 5.74) is 6.16. The maximum absolute atomic E-state index is 13.6. The first-order valence-electron chi connectivity index (χ1n) is 15.2. The van der Waals surface area contributed by atoms with E-state index < -0.39 is 29.8 Å². The lowest BCUT2D eigenvalue weighted by Gasteiger charge is -2.38. The number of ether oxygens (including phenoxy) is 2. The molecule has 6 nitrogen and oxygen atoms in total. The molecular formula is C39H33NO5. The van der Waals surface area contributed by atoms with Crippen LogP contribution in [0.1, 0.15) is 40.2 Å². The van der Waals surface area contributed by atoms with Crippen molar-refractivity contribution >= 4 is 12.1 Å². The highest BCUT2D eigenvalue weighted by Crippen LogP contribution is 2.45. The molecule has 0 saturated carbocycles. The minimum absolute atomic E-state index is 0.0852. The van der Waals surface area contributed by atoms with Crippen LogP contribution >= 0.6 is 0 Å². The van der Waals surface area contributed by atoms with Gasteiger partial charge in [-0.2, -0.15) is 0 Å². The first-order chi connectivity index (χ1) is 22.1. The number of aliphatic carboxylic acids is 1. The van der Waals surface area contributed by atoms with Crippen molar-refractivity contribution in [3.05, 3.63) is 167 Å². The third-order valence-electron chi connectivity index (χ3n) is 9.00. The van der Waals surface area contributed by atoms with Crippen LogP contribution in [-0.2, 0) is 19.9 Å². The number of rotatable bonds is 8. The lowest BCUT2D eigenvalue weighted by molar-refractivity contribution is -0.141. The Morgan fingerprint density at radius 1 is 0.667 bits per heavy atom. The van der Waals surface area contributed by atoms with Gasteiger partial charge in [-0.05, 0) is 38.9 Å². The van der Waals surface area contributed by atoms with Gasteiger partial charge in [0.05, 0.1) is 12.6 Å². The maximum atomic E-state index is 13.6. The van der Waals surface area contributed by atoms with E-state index in [2.05, 4.69) is 24.3 Å². The monoisotopic (exact) mass is 595 g/mol. The van der Waals surface area contributed by atoms with Crippen LogP contribution in [0.15, 0.2) is 140 Å². The van der Waals surface area contributed by atoms with Crippen molar-refractivity contribution in [1.29, 1.82) is 0 Å². The topological polar surface area (TPSA) is 76.1 Å². The molecule has 1 heterocycles. The fourth-order valence-electron chi connectivity index (χ4n) is 6.97. The molecule has 1 aliphatic heterocycles. The molecule has 2 aliphatic rings. The van der Waals surface area contributed by atoms with Gasteiger partial charge in [0.25, 0.3) is 0 Å². The molecule has 45 heavy (non-hydrogen) atoms. The van der Waals surface area contributed by atoms with E-state index in [9.17, 15) is 14.7 Å². The Kier molecular flexibility index (Phi) is 7.66. The highest BCUT2D eigenvalue weighted by Gasteiger charge is 2.47. The molecule has 6 heteroatoms. The largest absolute Gasteiger partial charge is 0.480 e. The van der Waals surface area contributed by atoms with Crippen molar-refractivity contribution in [3.8, 4) is 11.1 Å². The molecule has 0 spiro atoms. The van der Waals surface area contributed by atoms with Crippen LogP contribution in [0.25, 0.3) is 11.1 Å². The molecule has 0 radical (unpaired) electrons. The van der Waals surface area contributed by atoms with E-state index in [-0.39, 0.29) is 25.5 Å². The summed E-state index contributed by atoms with van der Waals surface area (Å²) in [6.45, 7) is 0.200. The van der Waals surface area contributed by atoms with Gasteiger partial charge >= 0.3 is 12.1 Å². The summed E-state index contributed by atoms with van der Waals surface area (Å²) in [6, 6.07) is 45.0. The van der Waals surface area contributed by atoms with Gasteiger partial charge in [-0.15, -0.1) is 0 Å². The van der Waals surface area contributed by atoms with Gasteiger partial charge in [0.1, 0.15) is 18.2 Å². The predicted octanol–water partition coefficient (Wildman–Crippen LogP) is 7.47. The number of carboxylic acid groups (broad SMARTS) is 1. The van der Waals surface area contributed by atoms with Crippen LogP contribution < -0.4 is 0 Å². The average Bonchev–Trinajstić information content (AvgIpc) is 3.67. The zero-order valence-electron chi connectivity index (χ0n) is 24.7. The van der Waals surface area contributed by atoms with Crippen molar-refractivity contribution in [1.82, 2.24) is 4.90 Å². The second-order valence-electron chi connectivity index (χ2n) is 11.6. The number of carboxylic acids is 1. The van der Waals surface area contributed by atoms with Crippen molar-refractivity contribution in [2.75, 3.05) is 13.2 Å². The molecule has 5 aromatic rings. The standard InChI is InChI=1S/C39H33NO5/c41-37(42)36-24-30(25-40(36)38(43)44-26-35-33-22-12-10-20-31(33)32-21-11-13-23-34(32)35)45-39(27-14-4-1-5-15-27,28-16-6-2-7-17-28)29-18-8-3-9-19-29/h1-23,30,35-36H,24-26H2,(H,41,42)/t30-,36+/m1/s1. The summed E-state index contributed by atoms with van der Waals surface area (Å²) < 4.78 is 13.0. The third kappa shape index (κ3) is 5.17. The molecule has 1 N–H and O–H groups in total. The van der Waals surface area contributed by atoms with Crippen LogP contribution in [0, 0.1) is 0 Å². The van der Waals surface area contributed by atoms with E-state index >= 15 is 0 Å². The van der Waals surface area contributed by atoms with Crippen LogP contribution in [0.3, 0.4) is 0 Å². The van der Waals surface area contributed by atoms with Crippen molar-refractivity contribution in [2.24, 2.45) is 0 Å². The Balaban J connectivity index is 1.18. The maximum Gasteiger partial charge on any atom is 0.410 e. The van der Waals surface area contributed by atoms with Crippen LogP contribution in [0.4, 0.5) is 4.79 Å². The number of hydrogen-bond acceptors (Lipinski definition) is 4. The molecule has 5 aromatic carbocycles. The van der Waals surface area contributed by atoms with Gasteiger partial charge in [0.15, 0.2) is 0 Å². The first-order valence-corrected chi connectivity index (χ1v) is 15.2. The zero-order chi connectivity index (χ0) is 30.8. The van der Waals surface area contributed by atoms with E-state index in [1.54, 1.807) is 0 Å². The van der Waals surface area contributed by atoms with Gasteiger partial charge in [0.2, 0.25) is 0 Å². The van der Waals surface area contributed by atoms with E-state index in [4.69, 9.17) is 9.47 Å². The van der Waals surface area contributed by atoms with Gasteiger partial charge in [-0.3, -0.25) is 4.90 Å². The quantitative estimate of drug-likeness (QED) is 0.188. The zero-order valence-corrected chi connectivity index (χ0v) is 24.7. The Labute approximate surface area is 262 Å². The lowest BCUT2D eigenvalue weighted by atomic mass is 9.80. The number of hydrogen-bond donors (Lipinski definition) is 1. The minimum atomic E-state index is -1.08. The smallest absolute Gasteiger partial charge is 0.410 e. The third-order valence-corrected chi connectivity index (χ3v) is 9.00. The van der Waals surface area contributed by atoms with Gasteiger partial charge in [-0.1, -0.05) is 140 Å². The molecule has 7 rings (SSSR count). The van der Waals surface area contributed by atoms with E-state index in [1.165, 1.54) is 4.90 Å². The van der Waals surface area contributed by atoms with Gasteiger partial charge in [0, 0.05) is 12.3 Å². The van der Waals surface area contributed by atoms with Gasteiger partial charge < -0.3 is 14.6 Å². The highest BCUT2D eigenvalue weighted by molar-refractivity contribution is 5.82. The summed E-state index contributed by atoms with van der Waals surface area (Å²) in [5, 5.41) is 10.2. The van der Waals surface area contributed by atoms with Crippen molar-refractivity contribution in [3.63, 3.8) is 0 Å². The number of carbonyl (C=O) groups excluding carboxylic acids is 1. The number of likely N-dealkylation sites (tertiary alicyclic amines) is 1. The molecule has 0 aromatic heterocycles. The molecule has 1 amide bonds. The Bertz CT molecular complexity index is 1670. The second kappa shape index (κ2) is 12.1.